The molecule has 0 saturated carbocycles. The SMILES string of the molecule is CC(C)(C)CCC(=O)c1ccc(Cl)cc1. The van der Waals surface area contributed by atoms with Gasteiger partial charge in [0.2, 0.25) is 0 Å². The second-order valence-corrected chi connectivity index (χ2v) is 5.43. The highest BCUT2D eigenvalue weighted by molar-refractivity contribution is 6.30. The largest absolute Gasteiger partial charge is 0.294 e. The Morgan fingerprint density at radius 2 is 1.73 bits per heavy atom. The highest BCUT2D eigenvalue weighted by Gasteiger charge is 2.13. The number of hydrogen-bond donors (Lipinski definition) is 0. The number of carbonyl (C=O) groups excluding carboxylic acids is 1. The van der Waals surface area contributed by atoms with Gasteiger partial charge in [-0.25, -0.2) is 0 Å². The van der Waals surface area contributed by atoms with Crippen LogP contribution in [0.3, 0.4) is 0 Å². The quantitative estimate of drug-likeness (QED) is 0.698. The molecule has 0 N–H and O–H groups in total. The van der Waals surface area contributed by atoms with Crippen LogP contribution in [0.5, 0.6) is 0 Å². The standard InChI is InChI=1S/C13H17ClO/c1-13(2,3)9-8-12(15)10-4-6-11(14)7-5-10/h4-7H,8-9H2,1-3H3. The van der Waals surface area contributed by atoms with Crippen molar-refractivity contribution in [2.24, 2.45) is 5.41 Å². The van der Waals surface area contributed by atoms with Gasteiger partial charge in [0, 0.05) is 17.0 Å². The van der Waals surface area contributed by atoms with E-state index in [0.29, 0.717) is 11.4 Å². The fourth-order valence-electron chi connectivity index (χ4n) is 1.27. The zero-order chi connectivity index (χ0) is 11.5. The fraction of sp³-hybridized carbons (Fsp3) is 0.462. The Bertz CT molecular complexity index is 333. The van der Waals surface area contributed by atoms with Crippen molar-refractivity contribution < 1.29 is 4.79 Å². The van der Waals surface area contributed by atoms with Crippen LogP contribution in [0.15, 0.2) is 24.3 Å². The van der Waals surface area contributed by atoms with E-state index in [4.69, 9.17) is 11.6 Å². The summed E-state index contributed by atoms with van der Waals surface area (Å²) in [7, 11) is 0. The molecule has 0 bridgehead atoms. The van der Waals surface area contributed by atoms with Crippen LogP contribution in [0.25, 0.3) is 0 Å². The van der Waals surface area contributed by atoms with Gasteiger partial charge in [-0.1, -0.05) is 32.4 Å². The van der Waals surface area contributed by atoms with Crippen molar-refractivity contribution in [1.82, 2.24) is 0 Å². The smallest absolute Gasteiger partial charge is 0.162 e. The van der Waals surface area contributed by atoms with E-state index in [1.165, 1.54) is 0 Å². The molecule has 0 aliphatic carbocycles. The number of carbonyl (C=O) groups is 1. The minimum absolute atomic E-state index is 0.196. The Hall–Kier alpha value is -0.820. The Balaban J connectivity index is 2.58. The van der Waals surface area contributed by atoms with E-state index in [-0.39, 0.29) is 11.2 Å². The molecule has 2 heteroatoms. The van der Waals surface area contributed by atoms with Crippen molar-refractivity contribution in [3.8, 4) is 0 Å². The molecule has 0 aromatic heterocycles. The third-order valence-electron chi connectivity index (χ3n) is 2.27. The summed E-state index contributed by atoms with van der Waals surface area (Å²) >= 11 is 5.75. The average molecular weight is 225 g/mol. The lowest BCUT2D eigenvalue weighted by atomic mass is 9.88. The first-order valence-corrected chi connectivity index (χ1v) is 5.55. The molecule has 0 fully saturated rings. The van der Waals surface area contributed by atoms with Crippen LogP contribution in [-0.4, -0.2) is 5.78 Å². The molecule has 0 unspecified atom stereocenters. The number of hydrogen-bond acceptors (Lipinski definition) is 1. The Kier molecular flexibility index (Phi) is 3.92. The molecule has 1 rings (SSSR count). The molecule has 1 nitrogen and oxygen atoms in total. The third-order valence-corrected chi connectivity index (χ3v) is 2.52. The number of ketones is 1. The van der Waals surface area contributed by atoms with Crippen molar-refractivity contribution in [3.05, 3.63) is 34.9 Å². The lowest BCUT2D eigenvalue weighted by Crippen LogP contribution is -2.09. The van der Waals surface area contributed by atoms with Gasteiger partial charge in [0.15, 0.2) is 5.78 Å². The summed E-state index contributed by atoms with van der Waals surface area (Å²) in [5, 5.41) is 0.669. The van der Waals surface area contributed by atoms with Crippen molar-refractivity contribution in [2.45, 2.75) is 33.6 Å². The van der Waals surface area contributed by atoms with Crippen LogP contribution in [0, 0.1) is 5.41 Å². The number of benzene rings is 1. The molecule has 82 valence electrons. The summed E-state index contributed by atoms with van der Waals surface area (Å²) in [5.74, 6) is 0.196. The first-order valence-electron chi connectivity index (χ1n) is 5.17. The molecular formula is C13H17ClO. The molecule has 15 heavy (non-hydrogen) atoms. The highest BCUT2D eigenvalue weighted by atomic mass is 35.5. The van der Waals surface area contributed by atoms with Crippen molar-refractivity contribution in [3.63, 3.8) is 0 Å². The number of Topliss-reactive ketones (excluding diaryl/α,β-unsaturated/α-hetero) is 1. The van der Waals surface area contributed by atoms with Crippen molar-refractivity contribution in [2.75, 3.05) is 0 Å². The second-order valence-electron chi connectivity index (χ2n) is 4.99. The molecular weight excluding hydrogens is 208 g/mol. The maximum Gasteiger partial charge on any atom is 0.162 e. The van der Waals surface area contributed by atoms with E-state index in [0.717, 1.165) is 12.0 Å². The summed E-state index contributed by atoms with van der Waals surface area (Å²) in [6.07, 6.45) is 1.51. The van der Waals surface area contributed by atoms with Gasteiger partial charge in [0.1, 0.15) is 0 Å². The fourth-order valence-corrected chi connectivity index (χ4v) is 1.39. The summed E-state index contributed by atoms with van der Waals surface area (Å²) < 4.78 is 0. The highest BCUT2D eigenvalue weighted by Crippen LogP contribution is 2.22. The topological polar surface area (TPSA) is 17.1 Å². The van der Waals surface area contributed by atoms with Gasteiger partial charge in [0.05, 0.1) is 0 Å². The van der Waals surface area contributed by atoms with Gasteiger partial charge in [-0.05, 0) is 36.1 Å². The van der Waals surface area contributed by atoms with Gasteiger partial charge in [-0.15, -0.1) is 0 Å². The molecule has 0 spiro atoms. The molecule has 0 saturated heterocycles. The van der Waals surface area contributed by atoms with E-state index in [1.54, 1.807) is 24.3 Å². The molecule has 1 aromatic carbocycles. The van der Waals surface area contributed by atoms with Crippen LogP contribution in [0.2, 0.25) is 5.02 Å². The van der Waals surface area contributed by atoms with E-state index in [1.807, 2.05) is 0 Å². The Labute approximate surface area is 96.5 Å². The summed E-state index contributed by atoms with van der Waals surface area (Å²) in [5.41, 5.74) is 0.964. The van der Waals surface area contributed by atoms with E-state index >= 15 is 0 Å². The predicted octanol–water partition coefficient (Wildman–Crippen LogP) is 4.35. The summed E-state index contributed by atoms with van der Waals surface area (Å²) in [6, 6.07) is 7.08. The normalized spacial score (nSPS) is 11.5. The van der Waals surface area contributed by atoms with Crippen LogP contribution >= 0.6 is 11.6 Å². The van der Waals surface area contributed by atoms with Crippen LogP contribution in [0.4, 0.5) is 0 Å². The van der Waals surface area contributed by atoms with Crippen molar-refractivity contribution in [1.29, 1.82) is 0 Å². The van der Waals surface area contributed by atoms with Gasteiger partial charge >= 0.3 is 0 Å². The van der Waals surface area contributed by atoms with Crippen LogP contribution in [-0.2, 0) is 0 Å². The minimum atomic E-state index is 0.196. The molecule has 0 aliphatic heterocycles. The monoisotopic (exact) mass is 224 g/mol. The molecule has 1 aromatic rings. The Morgan fingerprint density at radius 1 is 1.20 bits per heavy atom. The second kappa shape index (κ2) is 4.80. The van der Waals surface area contributed by atoms with E-state index in [2.05, 4.69) is 20.8 Å². The third kappa shape index (κ3) is 4.48. The van der Waals surface area contributed by atoms with Gasteiger partial charge in [-0.3, -0.25) is 4.79 Å². The molecule has 0 heterocycles. The van der Waals surface area contributed by atoms with Crippen LogP contribution < -0.4 is 0 Å². The van der Waals surface area contributed by atoms with E-state index < -0.39 is 0 Å². The molecule has 0 aliphatic rings. The van der Waals surface area contributed by atoms with Gasteiger partial charge < -0.3 is 0 Å². The molecule has 0 amide bonds. The van der Waals surface area contributed by atoms with Gasteiger partial charge in [0.25, 0.3) is 0 Å². The van der Waals surface area contributed by atoms with Crippen LogP contribution in [0.1, 0.15) is 44.0 Å². The predicted molar refractivity (Wildman–Crippen MR) is 64.5 cm³/mol. The average Bonchev–Trinajstić information content (AvgIpc) is 2.14. The lowest BCUT2D eigenvalue weighted by Gasteiger charge is -2.16. The first kappa shape index (κ1) is 12.3. The zero-order valence-electron chi connectivity index (χ0n) is 9.51. The Morgan fingerprint density at radius 3 is 2.20 bits per heavy atom. The zero-order valence-corrected chi connectivity index (χ0v) is 10.3. The van der Waals surface area contributed by atoms with E-state index in [9.17, 15) is 4.79 Å². The summed E-state index contributed by atoms with van der Waals surface area (Å²) in [4.78, 5) is 11.8. The maximum atomic E-state index is 11.8. The molecule has 0 atom stereocenters. The maximum absolute atomic E-state index is 11.8. The van der Waals surface area contributed by atoms with Gasteiger partial charge in [-0.2, -0.15) is 0 Å². The van der Waals surface area contributed by atoms with Crippen molar-refractivity contribution >= 4 is 17.4 Å². The summed E-state index contributed by atoms with van der Waals surface area (Å²) in [6.45, 7) is 6.42. The lowest BCUT2D eigenvalue weighted by molar-refractivity contribution is 0.0966. The number of rotatable bonds is 3. The minimum Gasteiger partial charge on any atom is -0.294 e. The first-order chi connectivity index (χ1) is 6.88. The number of halogens is 1. The molecule has 0 radical (unpaired) electrons.